The van der Waals surface area contributed by atoms with E-state index in [0.29, 0.717) is 11.1 Å². The molecule has 0 aliphatic heterocycles. The third-order valence-corrected chi connectivity index (χ3v) is 4.58. The average Bonchev–Trinajstić information content (AvgIpc) is 2.55. The molecule has 3 rings (SSSR count). The summed E-state index contributed by atoms with van der Waals surface area (Å²) in [5, 5.41) is 15.3. The van der Waals surface area contributed by atoms with Crippen LogP contribution in [0.3, 0.4) is 0 Å². The second-order valence-electron chi connectivity index (χ2n) is 5.31. The van der Waals surface area contributed by atoms with Gasteiger partial charge in [0.1, 0.15) is 17.4 Å². The molecular formula is C18H12F2NO3S. The molecule has 4 nitrogen and oxygen atoms in total. The normalized spacial score (nSPS) is 11.5. The van der Waals surface area contributed by atoms with Crippen molar-refractivity contribution in [3.05, 3.63) is 72.3 Å². The first-order valence-electron chi connectivity index (χ1n) is 7.09. The zero-order chi connectivity index (χ0) is 18.2. The standard InChI is InChI=1S/C18H12F2NO3S/c19-12-6-9-15(16(20)10-12)18-14(2-1-3-17(18)22)11-4-7-13(8-5-11)25(21,23)24/h1,3-10,22H,(H2,21,23,24). The molecule has 25 heavy (non-hydrogen) atoms. The number of aromatic hydroxyl groups is 1. The Morgan fingerprint density at radius 2 is 1.68 bits per heavy atom. The molecule has 3 N–H and O–H groups in total. The zero-order valence-electron chi connectivity index (χ0n) is 12.7. The number of benzene rings is 3. The number of hydrogen-bond donors (Lipinski definition) is 2. The number of sulfonamides is 1. The SMILES string of the molecule is NS(=O)(=O)c1ccc(-c2[c]ccc(O)c2-c2ccc(F)cc2F)cc1. The third-order valence-electron chi connectivity index (χ3n) is 3.65. The smallest absolute Gasteiger partial charge is 0.238 e. The highest BCUT2D eigenvalue weighted by molar-refractivity contribution is 7.89. The van der Waals surface area contributed by atoms with Crippen molar-refractivity contribution in [2.24, 2.45) is 5.14 Å². The van der Waals surface area contributed by atoms with Gasteiger partial charge in [-0.2, -0.15) is 0 Å². The van der Waals surface area contributed by atoms with Gasteiger partial charge < -0.3 is 5.11 Å². The number of rotatable bonds is 3. The van der Waals surface area contributed by atoms with Crippen LogP contribution in [0.25, 0.3) is 22.3 Å². The summed E-state index contributed by atoms with van der Waals surface area (Å²) in [6.07, 6.45) is 0. The van der Waals surface area contributed by atoms with E-state index in [1.54, 1.807) is 0 Å². The van der Waals surface area contributed by atoms with Crippen molar-refractivity contribution in [2.45, 2.75) is 4.90 Å². The number of phenolic OH excluding ortho intramolecular Hbond substituents is 1. The summed E-state index contributed by atoms with van der Waals surface area (Å²) < 4.78 is 50.0. The van der Waals surface area contributed by atoms with Crippen molar-refractivity contribution in [2.75, 3.05) is 0 Å². The first-order valence-corrected chi connectivity index (χ1v) is 8.64. The van der Waals surface area contributed by atoms with Gasteiger partial charge in [0.2, 0.25) is 10.0 Å². The highest BCUT2D eigenvalue weighted by Gasteiger charge is 2.17. The Hall–Kier alpha value is -2.77. The van der Waals surface area contributed by atoms with E-state index in [2.05, 4.69) is 6.07 Å². The van der Waals surface area contributed by atoms with Gasteiger partial charge in [0.05, 0.1) is 4.90 Å². The fraction of sp³-hybridized carbons (Fsp3) is 0. The minimum absolute atomic E-state index is 0.00118. The first kappa shape index (κ1) is 17.1. The second kappa shape index (κ2) is 6.27. The van der Waals surface area contributed by atoms with E-state index in [-0.39, 0.29) is 21.8 Å². The third kappa shape index (κ3) is 3.38. The van der Waals surface area contributed by atoms with E-state index in [1.807, 2.05) is 0 Å². The molecule has 1 radical (unpaired) electrons. The van der Waals surface area contributed by atoms with Crippen LogP contribution in [0.2, 0.25) is 0 Å². The Morgan fingerprint density at radius 3 is 2.28 bits per heavy atom. The minimum atomic E-state index is -3.84. The Bertz CT molecular complexity index is 1050. The van der Waals surface area contributed by atoms with Gasteiger partial charge in [-0.25, -0.2) is 22.3 Å². The van der Waals surface area contributed by atoms with Crippen molar-refractivity contribution in [3.63, 3.8) is 0 Å². The van der Waals surface area contributed by atoms with Crippen molar-refractivity contribution >= 4 is 10.0 Å². The van der Waals surface area contributed by atoms with E-state index < -0.39 is 21.7 Å². The molecule has 127 valence electrons. The number of primary sulfonamides is 1. The summed E-state index contributed by atoms with van der Waals surface area (Å²) in [6, 6.07) is 14.2. The van der Waals surface area contributed by atoms with Gasteiger partial charge in [-0.3, -0.25) is 0 Å². The lowest BCUT2D eigenvalue weighted by Crippen LogP contribution is -2.11. The van der Waals surface area contributed by atoms with Crippen LogP contribution in [0.4, 0.5) is 8.78 Å². The van der Waals surface area contributed by atoms with Crippen molar-refractivity contribution in [3.8, 4) is 28.0 Å². The van der Waals surface area contributed by atoms with Gasteiger partial charge >= 0.3 is 0 Å². The van der Waals surface area contributed by atoms with Crippen LogP contribution >= 0.6 is 0 Å². The van der Waals surface area contributed by atoms with Gasteiger partial charge in [0.25, 0.3) is 0 Å². The maximum atomic E-state index is 14.2. The van der Waals surface area contributed by atoms with E-state index >= 15 is 0 Å². The molecule has 0 amide bonds. The van der Waals surface area contributed by atoms with Crippen LogP contribution in [0.1, 0.15) is 0 Å². The maximum absolute atomic E-state index is 14.2. The Balaban J connectivity index is 2.20. The summed E-state index contributed by atoms with van der Waals surface area (Å²) in [7, 11) is -3.84. The fourth-order valence-corrected chi connectivity index (χ4v) is 3.01. The van der Waals surface area contributed by atoms with Crippen LogP contribution in [0, 0.1) is 17.7 Å². The molecule has 3 aromatic rings. The number of nitrogens with two attached hydrogens (primary N) is 1. The molecule has 0 fully saturated rings. The quantitative estimate of drug-likeness (QED) is 0.751. The predicted octanol–water partition coefficient (Wildman–Crippen LogP) is 3.45. The zero-order valence-corrected chi connectivity index (χ0v) is 13.5. The van der Waals surface area contributed by atoms with Crippen LogP contribution < -0.4 is 5.14 Å². The number of halogens is 2. The fourth-order valence-electron chi connectivity index (χ4n) is 2.49. The molecule has 3 aromatic carbocycles. The molecule has 0 aliphatic rings. The van der Waals surface area contributed by atoms with Crippen molar-refractivity contribution < 1.29 is 22.3 Å². The van der Waals surface area contributed by atoms with Gasteiger partial charge in [-0.1, -0.05) is 18.2 Å². The van der Waals surface area contributed by atoms with E-state index in [1.165, 1.54) is 42.5 Å². The Morgan fingerprint density at radius 1 is 1.00 bits per heavy atom. The molecule has 0 spiro atoms. The molecule has 0 aliphatic carbocycles. The monoisotopic (exact) mass is 360 g/mol. The van der Waals surface area contributed by atoms with Crippen molar-refractivity contribution in [1.82, 2.24) is 0 Å². The first-order chi connectivity index (χ1) is 11.8. The molecule has 0 heterocycles. The second-order valence-corrected chi connectivity index (χ2v) is 6.87. The lowest BCUT2D eigenvalue weighted by atomic mass is 9.93. The van der Waals surface area contributed by atoms with Crippen LogP contribution in [-0.2, 0) is 10.0 Å². The molecular weight excluding hydrogens is 348 g/mol. The lowest BCUT2D eigenvalue weighted by molar-refractivity contribution is 0.476. The van der Waals surface area contributed by atoms with Gasteiger partial charge in [-0.05, 0) is 42.0 Å². The van der Waals surface area contributed by atoms with E-state index in [0.717, 1.165) is 12.1 Å². The van der Waals surface area contributed by atoms with Gasteiger partial charge in [0, 0.05) is 22.8 Å². The van der Waals surface area contributed by atoms with Crippen LogP contribution in [0.15, 0.2) is 59.5 Å². The van der Waals surface area contributed by atoms with E-state index in [9.17, 15) is 22.3 Å². The predicted molar refractivity (Wildman–Crippen MR) is 89.1 cm³/mol. The van der Waals surface area contributed by atoms with Gasteiger partial charge in [-0.15, -0.1) is 0 Å². The molecule has 0 atom stereocenters. The highest BCUT2D eigenvalue weighted by atomic mass is 32.2. The maximum Gasteiger partial charge on any atom is 0.238 e. The topological polar surface area (TPSA) is 80.4 Å². The summed E-state index contributed by atoms with van der Waals surface area (Å²) in [5.74, 6) is -1.79. The Kier molecular flexibility index (Phi) is 4.28. The summed E-state index contributed by atoms with van der Waals surface area (Å²) in [5.41, 5.74) is 0.957. The van der Waals surface area contributed by atoms with E-state index in [4.69, 9.17) is 5.14 Å². The average molecular weight is 360 g/mol. The van der Waals surface area contributed by atoms with Crippen LogP contribution in [-0.4, -0.2) is 13.5 Å². The summed E-state index contributed by atoms with van der Waals surface area (Å²) in [4.78, 5) is -0.0779. The molecule has 0 aromatic heterocycles. The molecule has 0 unspecified atom stereocenters. The van der Waals surface area contributed by atoms with Crippen molar-refractivity contribution in [1.29, 1.82) is 0 Å². The highest BCUT2D eigenvalue weighted by Crippen LogP contribution is 2.39. The summed E-state index contributed by atoms with van der Waals surface area (Å²) >= 11 is 0. The number of hydrogen-bond acceptors (Lipinski definition) is 3. The summed E-state index contributed by atoms with van der Waals surface area (Å²) in [6.45, 7) is 0. The number of phenols is 1. The molecule has 7 heteroatoms. The van der Waals surface area contributed by atoms with Crippen LogP contribution in [0.5, 0.6) is 5.75 Å². The Labute approximate surface area is 143 Å². The largest absolute Gasteiger partial charge is 0.507 e. The minimum Gasteiger partial charge on any atom is -0.507 e. The molecule has 0 saturated carbocycles. The van der Waals surface area contributed by atoms with Gasteiger partial charge in [0.15, 0.2) is 0 Å². The lowest BCUT2D eigenvalue weighted by Gasteiger charge is -2.13. The molecule has 0 bridgehead atoms. The molecule has 0 saturated heterocycles.